The van der Waals surface area contributed by atoms with Crippen LogP contribution in [0.25, 0.3) is 0 Å². The summed E-state index contributed by atoms with van der Waals surface area (Å²) in [5.41, 5.74) is 6.56. The van der Waals surface area contributed by atoms with E-state index < -0.39 is 10.0 Å². The normalized spacial score (nSPS) is 15.1. The van der Waals surface area contributed by atoms with Gasteiger partial charge in [0.2, 0.25) is 0 Å². The van der Waals surface area contributed by atoms with Crippen molar-refractivity contribution in [2.24, 2.45) is 5.73 Å². The maximum Gasteiger partial charge on any atom is 0.264 e. The second kappa shape index (κ2) is 5.44. The molecule has 1 aliphatic rings. The molecular formula is C12H15N3O2S3. The number of thiophene rings is 1. The van der Waals surface area contributed by atoms with Crippen LogP contribution >= 0.6 is 22.7 Å². The number of nitrogens with zero attached hydrogens (tertiary/aromatic N) is 1. The first-order valence-corrected chi connectivity index (χ1v) is 9.55. The first-order chi connectivity index (χ1) is 9.58. The first kappa shape index (κ1) is 14.0. The molecule has 0 radical (unpaired) electrons. The summed E-state index contributed by atoms with van der Waals surface area (Å²) < 4.78 is 27.1. The minimum Gasteiger partial charge on any atom is -0.326 e. The Kier molecular flexibility index (Phi) is 3.80. The molecule has 0 saturated heterocycles. The molecule has 0 atom stereocenters. The van der Waals surface area contributed by atoms with Crippen LogP contribution < -0.4 is 10.5 Å². The largest absolute Gasteiger partial charge is 0.326 e. The van der Waals surface area contributed by atoms with Crippen molar-refractivity contribution in [2.75, 3.05) is 4.72 Å². The molecule has 3 rings (SSSR count). The van der Waals surface area contributed by atoms with E-state index in [4.69, 9.17) is 5.73 Å². The van der Waals surface area contributed by atoms with Gasteiger partial charge in [-0.1, -0.05) is 0 Å². The van der Waals surface area contributed by atoms with Gasteiger partial charge in [0.05, 0.1) is 10.6 Å². The Balaban J connectivity index is 1.84. The van der Waals surface area contributed by atoms with E-state index in [9.17, 15) is 8.42 Å². The predicted molar refractivity (Wildman–Crippen MR) is 81.8 cm³/mol. The highest BCUT2D eigenvalue weighted by atomic mass is 32.2. The molecule has 3 N–H and O–H groups in total. The van der Waals surface area contributed by atoms with Crippen LogP contribution in [0.1, 0.15) is 28.3 Å². The van der Waals surface area contributed by atoms with Gasteiger partial charge in [0, 0.05) is 21.7 Å². The summed E-state index contributed by atoms with van der Waals surface area (Å²) in [5.74, 6) is 0. The zero-order valence-corrected chi connectivity index (χ0v) is 13.2. The fourth-order valence-electron chi connectivity index (χ4n) is 2.18. The number of fused-ring (bicyclic) bond motifs is 1. The highest BCUT2D eigenvalue weighted by molar-refractivity contribution is 7.93. The third kappa shape index (κ3) is 2.73. The maximum atomic E-state index is 12.3. The molecule has 1 aliphatic carbocycles. The summed E-state index contributed by atoms with van der Waals surface area (Å²) in [6.07, 6.45) is 4.24. The number of anilines is 1. The number of rotatable bonds is 4. The smallest absolute Gasteiger partial charge is 0.264 e. The van der Waals surface area contributed by atoms with Crippen molar-refractivity contribution in [3.8, 4) is 0 Å². The van der Waals surface area contributed by atoms with Gasteiger partial charge in [-0.2, -0.15) is 0 Å². The lowest BCUT2D eigenvalue weighted by Gasteiger charge is -2.06. The second-order valence-electron chi connectivity index (χ2n) is 4.65. The third-order valence-electron chi connectivity index (χ3n) is 3.21. The molecule has 2 aromatic heterocycles. The molecule has 8 heteroatoms. The van der Waals surface area contributed by atoms with E-state index in [2.05, 4.69) is 9.71 Å². The number of hydrogen-bond donors (Lipinski definition) is 2. The Labute approximate surface area is 125 Å². The topological polar surface area (TPSA) is 85.1 Å². The summed E-state index contributed by atoms with van der Waals surface area (Å²) in [6, 6.07) is 1.61. The second-order valence-corrected chi connectivity index (χ2v) is 8.42. The fraction of sp³-hybridized carbons (Fsp3) is 0.417. The van der Waals surface area contributed by atoms with Crippen LogP contribution in [0.3, 0.4) is 0 Å². The molecule has 0 spiro atoms. The van der Waals surface area contributed by atoms with Gasteiger partial charge in [0.25, 0.3) is 10.0 Å². The van der Waals surface area contributed by atoms with Crippen LogP contribution in [0, 0.1) is 0 Å². The van der Waals surface area contributed by atoms with Crippen molar-refractivity contribution in [1.29, 1.82) is 0 Å². The van der Waals surface area contributed by atoms with Crippen molar-refractivity contribution in [3.05, 3.63) is 26.9 Å². The highest BCUT2D eigenvalue weighted by Gasteiger charge is 2.21. The van der Waals surface area contributed by atoms with Gasteiger partial charge >= 0.3 is 0 Å². The Hall–Kier alpha value is -0.960. The van der Waals surface area contributed by atoms with E-state index >= 15 is 0 Å². The van der Waals surface area contributed by atoms with Gasteiger partial charge in [-0.3, -0.25) is 4.72 Å². The van der Waals surface area contributed by atoms with Gasteiger partial charge in [0.15, 0.2) is 5.13 Å². The lowest BCUT2D eigenvalue weighted by Crippen LogP contribution is -2.12. The van der Waals surface area contributed by atoms with Crippen molar-refractivity contribution >= 4 is 37.8 Å². The molecule has 0 unspecified atom stereocenters. The van der Waals surface area contributed by atoms with Gasteiger partial charge in [-0.25, -0.2) is 13.4 Å². The molecule has 20 heavy (non-hydrogen) atoms. The fourth-order valence-corrected chi connectivity index (χ4v) is 5.62. The minimum atomic E-state index is -3.55. The summed E-state index contributed by atoms with van der Waals surface area (Å²) in [5, 5.41) is 2.08. The van der Waals surface area contributed by atoms with E-state index in [1.807, 2.05) is 0 Å². The molecule has 0 aliphatic heterocycles. The molecular weight excluding hydrogens is 314 g/mol. The Morgan fingerprint density at radius 2 is 2.15 bits per heavy atom. The number of aryl methyl sites for hydroxylation is 2. The van der Waals surface area contributed by atoms with Crippen LogP contribution in [0.2, 0.25) is 0 Å². The molecule has 108 valence electrons. The Bertz CT molecular complexity index is 695. The van der Waals surface area contributed by atoms with E-state index in [0.717, 1.165) is 36.3 Å². The molecule has 0 fully saturated rings. The molecule has 2 aromatic rings. The Morgan fingerprint density at radius 3 is 2.85 bits per heavy atom. The SMILES string of the molecule is NCc1cc(S(=O)(=O)Nc2nc3c(s2)CCCC3)cs1. The Morgan fingerprint density at radius 1 is 1.35 bits per heavy atom. The number of aromatic nitrogens is 1. The summed E-state index contributed by atoms with van der Waals surface area (Å²) >= 11 is 2.80. The van der Waals surface area contributed by atoms with Gasteiger partial charge in [-0.05, 0) is 31.7 Å². The molecule has 0 bridgehead atoms. The number of sulfonamides is 1. The maximum absolute atomic E-state index is 12.3. The number of nitrogens with two attached hydrogens (primary N) is 1. The average molecular weight is 329 g/mol. The molecule has 2 heterocycles. The predicted octanol–water partition coefficient (Wildman–Crippen LogP) is 2.34. The monoisotopic (exact) mass is 329 g/mol. The molecule has 0 saturated carbocycles. The molecule has 0 amide bonds. The van der Waals surface area contributed by atoms with Crippen LogP contribution in [-0.4, -0.2) is 13.4 Å². The molecule has 5 nitrogen and oxygen atoms in total. The zero-order valence-electron chi connectivity index (χ0n) is 10.8. The van der Waals surface area contributed by atoms with Crippen LogP contribution in [0.15, 0.2) is 16.3 Å². The average Bonchev–Trinajstić information content (AvgIpc) is 3.04. The standard InChI is InChI=1S/C12H15N3O2S3/c13-6-8-5-9(7-18-8)20(16,17)15-12-14-10-3-1-2-4-11(10)19-12/h5,7H,1-4,6,13H2,(H,14,15). The van der Waals surface area contributed by atoms with Crippen molar-refractivity contribution < 1.29 is 8.42 Å². The van der Waals surface area contributed by atoms with Gasteiger partial charge < -0.3 is 5.73 Å². The number of hydrogen-bond acceptors (Lipinski definition) is 6. The van der Waals surface area contributed by atoms with E-state index in [0.29, 0.717) is 11.7 Å². The highest BCUT2D eigenvalue weighted by Crippen LogP contribution is 2.31. The van der Waals surface area contributed by atoms with Crippen molar-refractivity contribution in [3.63, 3.8) is 0 Å². The number of nitrogens with one attached hydrogen (secondary N) is 1. The zero-order chi connectivity index (χ0) is 14.2. The van der Waals surface area contributed by atoms with Crippen LogP contribution in [0.4, 0.5) is 5.13 Å². The molecule has 0 aromatic carbocycles. The van der Waals surface area contributed by atoms with Gasteiger partial charge in [0.1, 0.15) is 0 Å². The van der Waals surface area contributed by atoms with E-state index in [1.165, 1.54) is 27.6 Å². The first-order valence-electron chi connectivity index (χ1n) is 6.37. The summed E-state index contributed by atoms with van der Waals surface area (Å²) in [4.78, 5) is 6.72. The summed E-state index contributed by atoms with van der Waals surface area (Å²) in [7, 11) is -3.55. The van der Waals surface area contributed by atoms with Crippen LogP contribution in [0.5, 0.6) is 0 Å². The van der Waals surface area contributed by atoms with Crippen LogP contribution in [-0.2, 0) is 29.4 Å². The summed E-state index contributed by atoms with van der Waals surface area (Å²) in [6.45, 7) is 0.353. The van der Waals surface area contributed by atoms with E-state index in [1.54, 1.807) is 11.4 Å². The van der Waals surface area contributed by atoms with Gasteiger partial charge in [-0.15, -0.1) is 22.7 Å². The lowest BCUT2D eigenvalue weighted by molar-refractivity contribution is 0.601. The van der Waals surface area contributed by atoms with E-state index in [-0.39, 0.29) is 4.90 Å². The minimum absolute atomic E-state index is 0.260. The quantitative estimate of drug-likeness (QED) is 0.901. The van der Waals surface area contributed by atoms with Crippen molar-refractivity contribution in [1.82, 2.24) is 4.98 Å². The third-order valence-corrected chi connectivity index (χ3v) is 6.84. The lowest BCUT2D eigenvalue weighted by atomic mass is 10.0. The number of thiazole rings is 1. The van der Waals surface area contributed by atoms with Crippen molar-refractivity contribution in [2.45, 2.75) is 37.1 Å².